The van der Waals surface area contributed by atoms with Gasteiger partial charge in [-0.2, -0.15) is 18.3 Å². The lowest BCUT2D eigenvalue weighted by Crippen LogP contribution is -2.26. The number of anilines is 1. The Kier molecular flexibility index (Phi) is 3.77. The van der Waals surface area contributed by atoms with Crippen LogP contribution in [0, 0.1) is 6.92 Å². The minimum Gasteiger partial charge on any atom is -0.477 e. The van der Waals surface area contributed by atoms with Crippen molar-refractivity contribution < 1.29 is 23.1 Å². The number of nitrogens with zero attached hydrogens (tertiary/aromatic N) is 3. The van der Waals surface area contributed by atoms with Crippen LogP contribution in [0.15, 0.2) is 24.3 Å². The second kappa shape index (κ2) is 5.54. The van der Waals surface area contributed by atoms with Crippen LogP contribution >= 0.6 is 0 Å². The lowest BCUT2D eigenvalue weighted by atomic mass is 10.0. The van der Waals surface area contributed by atoms with Crippen molar-refractivity contribution in [2.45, 2.75) is 32.6 Å². The van der Waals surface area contributed by atoms with Gasteiger partial charge < -0.3 is 10.0 Å². The third-order valence-corrected chi connectivity index (χ3v) is 4.33. The molecule has 2 heterocycles. The average molecular weight is 339 g/mol. The van der Waals surface area contributed by atoms with Crippen LogP contribution in [0.5, 0.6) is 0 Å². The first-order valence-corrected chi connectivity index (χ1v) is 7.44. The second-order valence-corrected chi connectivity index (χ2v) is 5.80. The van der Waals surface area contributed by atoms with Crippen LogP contribution in [0.1, 0.15) is 40.1 Å². The molecule has 0 fully saturated rings. The minimum absolute atomic E-state index is 0.145. The van der Waals surface area contributed by atoms with Crippen molar-refractivity contribution in [1.29, 1.82) is 0 Å². The fourth-order valence-electron chi connectivity index (χ4n) is 3.08. The maximum atomic E-state index is 12.7. The monoisotopic (exact) mass is 339 g/mol. The molecule has 2 aromatic rings. The highest BCUT2D eigenvalue weighted by atomic mass is 19.4. The maximum absolute atomic E-state index is 12.7. The van der Waals surface area contributed by atoms with Gasteiger partial charge in [-0.05, 0) is 31.5 Å². The third kappa shape index (κ3) is 2.61. The van der Waals surface area contributed by atoms with Gasteiger partial charge in [-0.1, -0.05) is 12.1 Å². The quantitative estimate of drug-likeness (QED) is 0.930. The van der Waals surface area contributed by atoms with Crippen molar-refractivity contribution in [3.63, 3.8) is 0 Å². The zero-order chi connectivity index (χ0) is 17.6. The normalized spacial score (nSPS) is 15.5. The van der Waals surface area contributed by atoms with Gasteiger partial charge in [0.25, 0.3) is 0 Å². The summed E-state index contributed by atoms with van der Waals surface area (Å²) >= 11 is 0. The molecule has 24 heavy (non-hydrogen) atoms. The molecule has 0 radical (unpaired) electrons. The topological polar surface area (TPSA) is 58.4 Å². The molecule has 5 nitrogen and oxygen atoms in total. The maximum Gasteiger partial charge on any atom is 0.416 e. The zero-order valence-corrected chi connectivity index (χ0v) is 13.1. The summed E-state index contributed by atoms with van der Waals surface area (Å²) < 4.78 is 39.7. The van der Waals surface area contributed by atoms with Crippen molar-refractivity contribution in [2.24, 2.45) is 0 Å². The van der Waals surface area contributed by atoms with Crippen molar-refractivity contribution in [3.8, 4) is 0 Å². The molecule has 8 heteroatoms. The average Bonchev–Trinajstić information content (AvgIpc) is 3.03. The number of alkyl halides is 3. The van der Waals surface area contributed by atoms with E-state index < -0.39 is 17.7 Å². The standard InChI is InChI=1S/C16H16F3N3O2/c1-9-13(15(23)24)14-21(7-8-22(14)20-9)10(2)11-3-5-12(6-4-11)16(17,18)19/h3-6,10H,7-8H2,1-2H3,(H,23,24). The van der Waals surface area contributed by atoms with Crippen molar-refractivity contribution in [1.82, 2.24) is 9.78 Å². The molecule has 3 rings (SSSR count). The first-order chi connectivity index (χ1) is 11.2. The van der Waals surface area contributed by atoms with E-state index in [4.69, 9.17) is 0 Å². The molecule has 0 spiro atoms. The van der Waals surface area contributed by atoms with Crippen molar-refractivity contribution in [2.75, 3.05) is 11.4 Å². The van der Waals surface area contributed by atoms with Gasteiger partial charge in [0.2, 0.25) is 0 Å². The molecule has 0 bridgehead atoms. The first kappa shape index (κ1) is 16.4. The molecule has 0 saturated heterocycles. The van der Waals surface area contributed by atoms with E-state index in [0.29, 0.717) is 30.2 Å². The molecule has 1 aromatic heterocycles. The highest BCUT2D eigenvalue weighted by Gasteiger charge is 2.34. The summed E-state index contributed by atoms with van der Waals surface area (Å²) in [7, 11) is 0. The van der Waals surface area contributed by atoms with Gasteiger partial charge in [0.1, 0.15) is 11.4 Å². The molecule has 1 aliphatic rings. The van der Waals surface area contributed by atoms with Gasteiger partial charge in [-0.15, -0.1) is 0 Å². The van der Waals surface area contributed by atoms with Crippen molar-refractivity contribution in [3.05, 3.63) is 46.6 Å². The number of hydrogen-bond acceptors (Lipinski definition) is 3. The van der Waals surface area contributed by atoms with Crippen LogP contribution in [0.2, 0.25) is 0 Å². The summed E-state index contributed by atoms with van der Waals surface area (Å²) in [6.07, 6.45) is -4.37. The second-order valence-electron chi connectivity index (χ2n) is 5.80. The minimum atomic E-state index is -4.37. The molecule has 1 aromatic carbocycles. The van der Waals surface area contributed by atoms with E-state index in [1.165, 1.54) is 12.1 Å². The molecular weight excluding hydrogens is 323 g/mol. The number of halogens is 3. The van der Waals surface area contributed by atoms with E-state index in [-0.39, 0.29) is 11.6 Å². The highest BCUT2D eigenvalue weighted by molar-refractivity contribution is 5.95. The lowest BCUT2D eigenvalue weighted by molar-refractivity contribution is -0.137. The summed E-state index contributed by atoms with van der Waals surface area (Å²) in [5.41, 5.74) is 0.562. The SMILES string of the molecule is Cc1nn2c(c1C(=O)O)N(C(C)c1ccc(C(F)(F)F)cc1)CC2. The zero-order valence-electron chi connectivity index (χ0n) is 13.1. The first-order valence-electron chi connectivity index (χ1n) is 7.44. The summed E-state index contributed by atoms with van der Waals surface area (Å²) in [4.78, 5) is 13.4. The van der Waals surface area contributed by atoms with E-state index >= 15 is 0 Å². The predicted molar refractivity (Wildman–Crippen MR) is 81.1 cm³/mol. The molecule has 128 valence electrons. The Balaban J connectivity index is 1.93. The van der Waals surface area contributed by atoms with Crippen LogP contribution in [-0.2, 0) is 12.7 Å². The Labute approximate surface area is 136 Å². The van der Waals surface area contributed by atoms with Gasteiger partial charge in [0, 0.05) is 6.54 Å². The van der Waals surface area contributed by atoms with Crippen LogP contribution in [0.25, 0.3) is 0 Å². The fraction of sp³-hybridized carbons (Fsp3) is 0.375. The Bertz CT molecular complexity index is 781. The number of fused-ring (bicyclic) bond motifs is 1. The third-order valence-electron chi connectivity index (χ3n) is 4.33. The Morgan fingerprint density at radius 1 is 1.25 bits per heavy atom. The predicted octanol–water partition coefficient (Wildman–Crippen LogP) is 3.49. The largest absolute Gasteiger partial charge is 0.477 e. The molecule has 0 aliphatic carbocycles. The lowest BCUT2D eigenvalue weighted by Gasteiger charge is -2.26. The van der Waals surface area contributed by atoms with E-state index in [1.54, 1.807) is 11.6 Å². The number of aromatic nitrogens is 2. The molecular formula is C16H16F3N3O2. The molecule has 0 amide bonds. The van der Waals surface area contributed by atoms with E-state index in [1.807, 2.05) is 11.8 Å². The van der Waals surface area contributed by atoms with E-state index in [9.17, 15) is 23.1 Å². The smallest absolute Gasteiger partial charge is 0.416 e. The molecule has 1 atom stereocenters. The number of aryl methyl sites for hydroxylation is 1. The Hall–Kier alpha value is -2.51. The van der Waals surface area contributed by atoms with Gasteiger partial charge in [-0.25, -0.2) is 9.48 Å². The van der Waals surface area contributed by atoms with Crippen LogP contribution in [0.3, 0.4) is 0 Å². The summed E-state index contributed by atoms with van der Waals surface area (Å²) in [5.74, 6) is -0.548. The summed E-state index contributed by atoms with van der Waals surface area (Å²) in [5, 5.41) is 13.6. The molecule has 0 saturated carbocycles. The summed E-state index contributed by atoms with van der Waals surface area (Å²) in [6.45, 7) is 4.58. The Morgan fingerprint density at radius 2 is 1.88 bits per heavy atom. The molecule has 1 aliphatic heterocycles. The van der Waals surface area contributed by atoms with Crippen LogP contribution < -0.4 is 4.90 Å². The number of carbonyl (C=O) groups is 1. The number of aromatic carboxylic acids is 1. The van der Waals surface area contributed by atoms with Gasteiger partial charge in [0.15, 0.2) is 0 Å². The Morgan fingerprint density at radius 3 is 2.42 bits per heavy atom. The van der Waals surface area contributed by atoms with Crippen molar-refractivity contribution >= 4 is 11.8 Å². The number of rotatable bonds is 3. The molecule has 1 N–H and O–H groups in total. The fourth-order valence-corrected chi connectivity index (χ4v) is 3.08. The number of benzene rings is 1. The summed E-state index contributed by atoms with van der Waals surface area (Å²) in [6, 6.07) is 4.69. The van der Waals surface area contributed by atoms with Gasteiger partial charge >= 0.3 is 12.1 Å². The molecule has 1 unspecified atom stereocenters. The van der Waals surface area contributed by atoms with E-state index in [2.05, 4.69) is 5.10 Å². The van der Waals surface area contributed by atoms with Gasteiger partial charge in [0.05, 0.1) is 23.8 Å². The highest BCUT2D eigenvalue weighted by Crippen LogP contribution is 2.36. The number of hydrogen-bond donors (Lipinski definition) is 1. The van der Waals surface area contributed by atoms with E-state index in [0.717, 1.165) is 12.1 Å². The van der Waals surface area contributed by atoms with Crippen LogP contribution in [0.4, 0.5) is 19.0 Å². The number of carboxylic acid groups (broad SMARTS) is 1. The van der Waals surface area contributed by atoms with Gasteiger partial charge in [-0.3, -0.25) is 0 Å². The number of carboxylic acids is 1. The van der Waals surface area contributed by atoms with Crippen LogP contribution in [-0.4, -0.2) is 27.4 Å².